The molecule has 0 aliphatic rings. The molecule has 0 radical (unpaired) electrons. The highest BCUT2D eigenvalue weighted by molar-refractivity contribution is 5.96. The first kappa shape index (κ1) is 38.7. The molecule has 0 aliphatic heterocycles. The van der Waals surface area contributed by atoms with E-state index in [0.29, 0.717) is 30.6 Å². The van der Waals surface area contributed by atoms with E-state index in [-0.39, 0.29) is 17.9 Å². The van der Waals surface area contributed by atoms with Gasteiger partial charge in [0, 0.05) is 11.6 Å². The van der Waals surface area contributed by atoms with Gasteiger partial charge in [0.05, 0.1) is 13.2 Å². The van der Waals surface area contributed by atoms with E-state index in [4.69, 9.17) is 9.47 Å². The molecule has 236 valence electrons. The second-order valence-electron chi connectivity index (χ2n) is 12.1. The minimum atomic E-state index is -0.376. The molecule has 0 amide bonds. The maximum absolute atomic E-state index is 13.6. The van der Waals surface area contributed by atoms with Gasteiger partial charge in [-0.25, -0.2) is 9.59 Å². The Morgan fingerprint density at radius 2 is 0.950 bits per heavy atom. The number of unbranched alkanes of at least 4 members (excludes halogenated alkanes) is 11. The molecule has 0 bridgehead atoms. The van der Waals surface area contributed by atoms with Crippen molar-refractivity contribution >= 4 is 11.9 Å². The normalized spacial score (nSPS) is 14.1. The Bertz CT molecular complexity index is 626. The fraction of sp³-hybridized carbons (Fsp3) is 0.889. The Balaban J connectivity index is 5.64. The number of ether oxygens (including phenoxy) is 2. The molecule has 4 nitrogen and oxygen atoms in total. The molecule has 0 N–H and O–H groups in total. The Hall–Kier alpha value is -1.32. The second-order valence-corrected chi connectivity index (χ2v) is 12.1. The molecular weight excluding hydrogens is 496 g/mol. The summed E-state index contributed by atoms with van der Waals surface area (Å²) >= 11 is 0. The fourth-order valence-corrected chi connectivity index (χ4v) is 5.41. The molecular formula is C36H68O4. The molecule has 0 aromatic heterocycles. The predicted molar refractivity (Wildman–Crippen MR) is 171 cm³/mol. The molecule has 4 heteroatoms. The summed E-state index contributed by atoms with van der Waals surface area (Å²) in [6, 6.07) is 0. The highest BCUT2D eigenvalue weighted by Gasteiger charge is 2.25. The lowest BCUT2D eigenvalue weighted by Gasteiger charge is -2.22. The van der Waals surface area contributed by atoms with Crippen LogP contribution in [0.5, 0.6) is 0 Å². The van der Waals surface area contributed by atoms with Crippen molar-refractivity contribution in [3.63, 3.8) is 0 Å². The Morgan fingerprint density at radius 3 is 1.40 bits per heavy atom. The van der Waals surface area contributed by atoms with E-state index in [9.17, 15) is 9.59 Å². The number of hydrogen-bond donors (Lipinski definition) is 0. The van der Waals surface area contributed by atoms with E-state index in [1.165, 1.54) is 63.9 Å². The molecule has 0 saturated heterocycles. The van der Waals surface area contributed by atoms with Crippen LogP contribution in [0.2, 0.25) is 0 Å². The lowest BCUT2D eigenvalue weighted by molar-refractivity contribution is -0.143. The summed E-state index contributed by atoms with van der Waals surface area (Å²) in [4.78, 5) is 26.6. The number of rotatable bonds is 28. The first-order valence-corrected chi connectivity index (χ1v) is 17.5. The van der Waals surface area contributed by atoms with Crippen molar-refractivity contribution < 1.29 is 19.1 Å². The highest BCUT2D eigenvalue weighted by atomic mass is 16.5. The van der Waals surface area contributed by atoms with Gasteiger partial charge in [-0.05, 0) is 43.4 Å². The number of esters is 2. The summed E-state index contributed by atoms with van der Waals surface area (Å²) in [6.07, 6.45) is 25.5. The van der Waals surface area contributed by atoms with Crippen molar-refractivity contribution in [3.05, 3.63) is 11.6 Å². The number of carbonyl (C=O) groups is 2. The van der Waals surface area contributed by atoms with Gasteiger partial charge in [0.25, 0.3) is 0 Å². The molecule has 0 aromatic carbocycles. The second kappa shape index (κ2) is 27.8. The summed E-state index contributed by atoms with van der Waals surface area (Å²) < 4.78 is 11.7. The smallest absolute Gasteiger partial charge is 0.334 e. The fourth-order valence-electron chi connectivity index (χ4n) is 5.41. The quantitative estimate of drug-likeness (QED) is 0.0538. The van der Waals surface area contributed by atoms with Gasteiger partial charge in [0.2, 0.25) is 0 Å². The average molecular weight is 565 g/mol. The van der Waals surface area contributed by atoms with Gasteiger partial charge in [-0.3, -0.25) is 0 Å². The van der Waals surface area contributed by atoms with Gasteiger partial charge < -0.3 is 9.47 Å². The van der Waals surface area contributed by atoms with Crippen LogP contribution >= 0.6 is 0 Å². The van der Waals surface area contributed by atoms with Gasteiger partial charge in [0.1, 0.15) is 0 Å². The van der Waals surface area contributed by atoms with Crippen molar-refractivity contribution in [1.29, 1.82) is 0 Å². The van der Waals surface area contributed by atoms with E-state index in [0.717, 1.165) is 77.0 Å². The molecule has 40 heavy (non-hydrogen) atoms. The largest absolute Gasteiger partial charge is 0.462 e. The van der Waals surface area contributed by atoms with Gasteiger partial charge in [-0.15, -0.1) is 0 Å². The van der Waals surface area contributed by atoms with Crippen LogP contribution in [0.1, 0.15) is 176 Å². The van der Waals surface area contributed by atoms with Crippen molar-refractivity contribution in [1.82, 2.24) is 0 Å². The van der Waals surface area contributed by atoms with Gasteiger partial charge in [-0.2, -0.15) is 0 Å². The summed E-state index contributed by atoms with van der Waals surface area (Å²) in [5.74, 6) is 0.153. The van der Waals surface area contributed by atoms with E-state index < -0.39 is 0 Å². The van der Waals surface area contributed by atoms with Crippen LogP contribution in [0.25, 0.3) is 0 Å². The summed E-state index contributed by atoms with van der Waals surface area (Å²) in [5, 5.41) is 0. The third-order valence-electron chi connectivity index (χ3n) is 8.51. The van der Waals surface area contributed by atoms with Gasteiger partial charge in [-0.1, -0.05) is 151 Å². The molecule has 0 rings (SSSR count). The Kier molecular flexibility index (Phi) is 26.9. The molecule has 0 heterocycles. The van der Waals surface area contributed by atoms with E-state index in [2.05, 4.69) is 41.5 Å². The number of hydrogen-bond acceptors (Lipinski definition) is 4. The van der Waals surface area contributed by atoms with Crippen LogP contribution in [0.3, 0.4) is 0 Å². The molecule has 3 unspecified atom stereocenters. The lowest BCUT2D eigenvalue weighted by Crippen LogP contribution is -2.22. The summed E-state index contributed by atoms with van der Waals surface area (Å²) in [7, 11) is 0. The van der Waals surface area contributed by atoms with Gasteiger partial charge >= 0.3 is 11.9 Å². The van der Waals surface area contributed by atoms with Crippen LogP contribution in [-0.2, 0) is 19.1 Å². The van der Waals surface area contributed by atoms with Crippen molar-refractivity contribution in [2.24, 2.45) is 17.8 Å². The van der Waals surface area contributed by atoms with Crippen LogP contribution < -0.4 is 0 Å². The van der Waals surface area contributed by atoms with E-state index in [1.54, 1.807) is 0 Å². The van der Waals surface area contributed by atoms with E-state index >= 15 is 0 Å². The minimum absolute atomic E-state index is 0.0608. The molecule has 0 saturated carbocycles. The molecule has 3 atom stereocenters. The zero-order valence-electron chi connectivity index (χ0n) is 27.7. The monoisotopic (exact) mass is 565 g/mol. The van der Waals surface area contributed by atoms with Crippen LogP contribution in [0, 0.1) is 17.8 Å². The SMILES string of the molecule is CCCCCCCCC(CCCCCCC)/C(=C/C(=O)OCC(CC)CCCC)C(=O)OCC(CC)CCCC. The maximum atomic E-state index is 13.6. The highest BCUT2D eigenvalue weighted by Crippen LogP contribution is 2.28. The van der Waals surface area contributed by atoms with Crippen molar-refractivity contribution in [2.45, 2.75) is 176 Å². The van der Waals surface area contributed by atoms with Crippen molar-refractivity contribution in [3.8, 4) is 0 Å². The maximum Gasteiger partial charge on any atom is 0.334 e. The Labute approximate surface area is 249 Å². The average Bonchev–Trinajstić information content (AvgIpc) is 2.96. The zero-order valence-corrected chi connectivity index (χ0v) is 27.7. The molecule has 0 spiro atoms. The first-order chi connectivity index (χ1) is 19.5. The lowest BCUT2D eigenvalue weighted by atomic mass is 9.87. The third-order valence-corrected chi connectivity index (χ3v) is 8.51. The van der Waals surface area contributed by atoms with Gasteiger partial charge in [0.15, 0.2) is 0 Å². The topological polar surface area (TPSA) is 52.6 Å². The van der Waals surface area contributed by atoms with Crippen LogP contribution in [0.4, 0.5) is 0 Å². The summed E-state index contributed by atoms with van der Waals surface area (Å²) in [5.41, 5.74) is 0.556. The predicted octanol–water partition coefficient (Wildman–Crippen LogP) is 11.2. The minimum Gasteiger partial charge on any atom is -0.462 e. The molecule has 0 fully saturated rings. The number of carbonyl (C=O) groups excluding carboxylic acids is 2. The third kappa shape index (κ3) is 20.5. The standard InChI is InChI=1S/C36H68O4/c1-7-13-17-19-21-23-27-33(26-22-20-18-14-8-2)34(36(38)40-30-32(12-6)25-16-10-4)28-35(37)39-29-31(11-5)24-15-9-3/h28,31-33H,7-27,29-30H2,1-6H3/b34-28-. The molecule has 0 aliphatic carbocycles. The first-order valence-electron chi connectivity index (χ1n) is 17.5. The van der Waals surface area contributed by atoms with Crippen LogP contribution in [-0.4, -0.2) is 25.2 Å². The zero-order chi connectivity index (χ0) is 29.8. The molecule has 0 aromatic rings. The van der Waals surface area contributed by atoms with Crippen molar-refractivity contribution in [2.75, 3.05) is 13.2 Å². The summed E-state index contributed by atoms with van der Waals surface area (Å²) in [6.45, 7) is 14.1. The Morgan fingerprint density at radius 1 is 0.525 bits per heavy atom. The van der Waals surface area contributed by atoms with Crippen LogP contribution in [0.15, 0.2) is 11.6 Å². The van der Waals surface area contributed by atoms with E-state index in [1.807, 2.05) is 0 Å².